The fourth-order valence-corrected chi connectivity index (χ4v) is 7.04. The van der Waals surface area contributed by atoms with Crippen molar-refractivity contribution in [3.8, 4) is 67.9 Å². The van der Waals surface area contributed by atoms with Crippen LogP contribution in [-0.4, -0.2) is 24.9 Å². The van der Waals surface area contributed by atoms with Crippen molar-refractivity contribution in [2.75, 3.05) is 0 Å². The van der Waals surface area contributed by atoms with Gasteiger partial charge in [0.2, 0.25) is 5.89 Å². The van der Waals surface area contributed by atoms with Crippen molar-refractivity contribution in [2.24, 2.45) is 0 Å². The molecular formula is C47H29N5O. The van der Waals surface area contributed by atoms with Crippen LogP contribution in [0.25, 0.3) is 101 Å². The Kier molecular flexibility index (Phi) is 7.36. The first-order valence-corrected chi connectivity index (χ1v) is 17.5. The average Bonchev–Trinajstić information content (AvgIpc) is 3.69. The molecule has 3 aromatic heterocycles. The molecule has 0 spiro atoms. The van der Waals surface area contributed by atoms with Gasteiger partial charge in [-0.1, -0.05) is 121 Å². The molecule has 53 heavy (non-hydrogen) atoms. The van der Waals surface area contributed by atoms with Crippen molar-refractivity contribution in [1.82, 2.24) is 24.9 Å². The van der Waals surface area contributed by atoms with E-state index in [0.717, 1.165) is 71.7 Å². The summed E-state index contributed by atoms with van der Waals surface area (Å²) >= 11 is 0. The Hall–Kier alpha value is -7.31. The van der Waals surface area contributed by atoms with Gasteiger partial charge in [-0.25, -0.2) is 19.9 Å². The van der Waals surface area contributed by atoms with Gasteiger partial charge in [0, 0.05) is 44.8 Å². The quantitative estimate of drug-likeness (QED) is 0.163. The predicted octanol–water partition coefficient (Wildman–Crippen LogP) is 11.7. The fourth-order valence-electron chi connectivity index (χ4n) is 7.04. The van der Waals surface area contributed by atoms with E-state index < -0.39 is 0 Å². The summed E-state index contributed by atoms with van der Waals surface area (Å²) in [5, 5.41) is 3.29. The zero-order valence-electron chi connectivity index (χ0n) is 28.4. The summed E-state index contributed by atoms with van der Waals surface area (Å²) in [6, 6.07) is 57.5. The standard InChI is InChI=1S/C47H29N5O/c1-4-14-30(15-5-1)44-50-45(31-16-6-2-7-17-31)52-46(51-44)36-27-34(38-22-12-24-41-43(38)49-47(53-41)32-18-8-3-9-19-32)26-35(28-36)40-29-33-20-10-11-21-37(33)42-39(40)23-13-25-48-42/h1-29H. The maximum atomic E-state index is 6.33. The number of nitrogens with zero attached hydrogens (tertiary/aromatic N) is 5. The van der Waals surface area contributed by atoms with Gasteiger partial charge in [0.1, 0.15) is 5.52 Å². The van der Waals surface area contributed by atoms with Crippen LogP contribution in [0.4, 0.5) is 0 Å². The topological polar surface area (TPSA) is 77.6 Å². The minimum absolute atomic E-state index is 0.571. The highest BCUT2D eigenvalue weighted by Gasteiger charge is 2.19. The molecule has 0 aliphatic heterocycles. The summed E-state index contributed by atoms with van der Waals surface area (Å²) in [6.07, 6.45) is 1.86. The van der Waals surface area contributed by atoms with Gasteiger partial charge >= 0.3 is 0 Å². The molecule has 10 rings (SSSR count). The summed E-state index contributed by atoms with van der Waals surface area (Å²) in [4.78, 5) is 25.1. The highest BCUT2D eigenvalue weighted by Crippen LogP contribution is 2.40. The molecule has 0 amide bonds. The molecule has 0 aliphatic rings. The Morgan fingerprint density at radius 3 is 1.62 bits per heavy atom. The van der Waals surface area contributed by atoms with Crippen molar-refractivity contribution in [3.63, 3.8) is 0 Å². The van der Waals surface area contributed by atoms with Gasteiger partial charge in [0.15, 0.2) is 23.1 Å². The highest BCUT2D eigenvalue weighted by atomic mass is 16.3. The lowest BCUT2D eigenvalue weighted by atomic mass is 9.91. The third kappa shape index (κ3) is 5.59. The zero-order valence-corrected chi connectivity index (χ0v) is 28.4. The number of oxazole rings is 1. The summed E-state index contributed by atoms with van der Waals surface area (Å²) in [5.74, 6) is 2.36. The van der Waals surface area contributed by atoms with Crippen LogP contribution < -0.4 is 0 Å². The number of hydrogen-bond donors (Lipinski definition) is 0. The van der Waals surface area contributed by atoms with Crippen molar-refractivity contribution in [2.45, 2.75) is 0 Å². The lowest BCUT2D eigenvalue weighted by molar-refractivity contribution is 0.620. The number of fused-ring (bicyclic) bond motifs is 4. The number of para-hydroxylation sites is 1. The molecule has 3 heterocycles. The second-order valence-electron chi connectivity index (χ2n) is 12.9. The molecule has 0 aliphatic carbocycles. The van der Waals surface area contributed by atoms with Gasteiger partial charge in [-0.05, 0) is 70.6 Å². The molecule has 7 aromatic carbocycles. The summed E-state index contributed by atoms with van der Waals surface area (Å²) in [6.45, 7) is 0. The van der Waals surface area contributed by atoms with Crippen LogP contribution >= 0.6 is 0 Å². The molecule has 0 atom stereocenters. The van der Waals surface area contributed by atoms with Crippen LogP contribution in [0.3, 0.4) is 0 Å². The monoisotopic (exact) mass is 679 g/mol. The minimum atomic E-state index is 0.571. The third-order valence-corrected chi connectivity index (χ3v) is 9.57. The molecule has 0 saturated carbocycles. The Bertz CT molecular complexity index is 2880. The van der Waals surface area contributed by atoms with Gasteiger partial charge in [0.25, 0.3) is 0 Å². The van der Waals surface area contributed by atoms with Crippen molar-refractivity contribution < 1.29 is 4.42 Å². The van der Waals surface area contributed by atoms with E-state index in [1.807, 2.05) is 115 Å². The highest BCUT2D eigenvalue weighted by molar-refractivity contribution is 6.12. The fraction of sp³-hybridized carbons (Fsp3) is 0. The molecular weight excluding hydrogens is 651 g/mol. The van der Waals surface area contributed by atoms with E-state index in [0.29, 0.717) is 28.9 Å². The third-order valence-electron chi connectivity index (χ3n) is 9.57. The van der Waals surface area contributed by atoms with E-state index >= 15 is 0 Å². The molecule has 0 N–H and O–H groups in total. The number of aromatic nitrogens is 5. The van der Waals surface area contributed by atoms with E-state index in [4.69, 9.17) is 29.3 Å². The smallest absolute Gasteiger partial charge is 0.227 e. The minimum Gasteiger partial charge on any atom is -0.436 e. The second kappa shape index (κ2) is 12.8. The molecule has 10 aromatic rings. The molecule has 0 saturated heterocycles. The molecule has 6 heteroatoms. The van der Waals surface area contributed by atoms with Gasteiger partial charge in [-0.3, -0.25) is 4.98 Å². The number of benzene rings is 7. The largest absolute Gasteiger partial charge is 0.436 e. The Morgan fingerprint density at radius 1 is 0.358 bits per heavy atom. The molecule has 0 radical (unpaired) electrons. The van der Waals surface area contributed by atoms with Gasteiger partial charge in [0.05, 0.1) is 5.52 Å². The molecule has 248 valence electrons. The van der Waals surface area contributed by atoms with E-state index in [2.05, 4.69) is 60.7 Å². The van der Waals surface area contributed by atoms with Crippen LogP contribution in [0.2, 0.25) is 0 Å². The van der Waals surface area contributed by atoms with E-state index in [9.17, 15) is 0 Å². The SMILES string of the molecule is c1ccc(-c2nc(-c3ccccc3)nc(-c3cc(-c4cc5ccccc5c5ncccc45)cc(-c4cccc5oc(-c6ccccc6)nc45)c3)n2)cc1. The lowest BCUT2D eigenvalue weighted by Gasteiger charge is -2.15. The Morgan fingerprint density at radius 2 is 0.925 bits per heavy atom. The van der Waals surface area contributed by atoms with Crippen LogP contribution in [0.5, 0.6) is 0 Å². The number of rotatable bonds is 6. The van der Waals surface area contributed by atoms with Crippen molar-refractivity contribution >= 4 is 32.8 Å². The number of pyridine rings is 1. The average molecular weight is 680 g/mol. The normalized spacial score (nSPS) is 11.4. The molecule has 6 nitrogen and oxygen atoms in total. The summed E-state index contributed by atoms with van der Waals surface area (Å²) in [7, 11) is 0. The van der Waals surface area contributed by atoms with Gasteiger partial charge in [-0.2, -0.15) is 0 Å². The van der Waals surface area contributed by atoms with Crippen LogP contribution in [0, 0.1) is 0 Å². The van der Waals surface area contributed by atoms with E-state index in [-0.39, 0.29) is 0 Å². The zero-order chi connectivity index (χ0) is 35.1. The molecule has 0 unspecified atom stereocenters. The van der Waals surface area contributed by atoms with Gasteiger partial charge < -0.3 is 4.42 Å². The van der Waals surface area contributed by atoms with E-state index in [1.54, 1.807) is 0 Å². The van der Waals surface area contributed by atoms with Crippen molar-refractivity contribution in [3.05, 3.63) is 176 Å². The van der Waals surface area contributed by atoms with E-state index in [1.165, 1.54) is 0 Å². The van der Waals surface area contributed by atoms with Crippen LogP contribution in [-0.2, 0) is 0 Å². The Labute approximate surface area is 305 Å². The predicted molar refractivity (Wildman–Crippen MR) is 213 cm³/mol. The second-order valence-corrected chi connectivity index (χ2v) is 12.9. The Balaban J connectivity index is 1.25. The van der Waals surface area contributed by atoms with Crippen LogP contribution in [0.15, 0.2) is 180 Å². The molecule has 0 fully saturated rings. The summed E-state index contributed by atoms with van der Waals surface area (Å²) < 4.78 is 6.33. The molecule has 0 bridgehead atoms. The maximum absolute atomic E-state index is 6.33. The lowest BCUT2D eigenvalue weighted by Crippen LogP contribution is -2.00. The first-order valence-electron chi connectivity index (χ1n) is 17.5. The first-order chi connectivity index (χ1) is 26.2. The van der Waals surface area contributed by atoms with Gasteiger partial charge in [-0.15, -0.1) is 0 Å². The van der Waals surface area contributed by atoms with Crippen LogP contribution in [0.1, 0.15) is 0 Å². The number of hydrogen-bond acceptors (Lipinski definition) is 6. The summed E-state index contributed by atoms with van der Waals surface area (Å²) in [5.41, 5.74) is 10.0. The first kappa shape index (κ1) is 30.5. The maximum Gasteiger partial charge on any atom is 0.227 e. The van der Waals surface area contributed by atoms with Crippen molar-refractivity contribution in [1.29, 1.82) is 0 Å².